The van der Waals surface area contributed by atoms with Gasteiger partial charge in [-0.25, -0.2) is 0 Å². The van der Waals surface area contributed by atoms with Crippen LogP contribution in [-0.2, 0) is 0 Å². The lowest BCUT2D eigenvalue weighted by molar-refractivity contribution is -0.0975. The van der Waals surface area contributed by atoms with Crippen LogP contribution in [0.1, 0.15) is 43.7 Å². The van der Waals surface area contributed by atoms with Gasteiger partial charge in [-0.05, 0) is 56.8 Å². The third-order valence-corrected chi connectivity index (χ3v) is 5.94. The van der Waals surface area contributed by atoms with E-state index >= 15 is 0 Å². The number of benzene rings is 1. The summed E-state index contributed by atoms with van der Waals surface area (Å²) in [5.41, 5.74) is 1.98. The Morgan fingerprint density at radius 3 is 2.45 bits per heavy atom. The highest BCUT2D eigenvalue weighted by molar-refractivity contribution is 5.31. The molecule has 3 saturated heterocycles. The largest absolute Gasteiger partial charge is 0.389 e. The summed E-state index contributed by atoms with van der Waals surface area (Å²) in [6.45, 7) is 9.95. The quantitative estimate of drug-likeness (QED) is 0.914. The van der Waals surface area contributed by atoms with Crippen molar-refractivity contribution in [3.8, 4) is 0 Å². The van der Waals surface area contributed by atoms with Gasteiger partial charge in [0.2, 0.25) is 0 Å². The Labute approximate surface area is 122 Å². The lowest BCUT2D eigenvalue weighted by Crippen LogP contribution is -2.56. The minimum Gasteiger partial charge on any atom is -0.389 e. The normalized spacial score (nSPS) is 33.7. The molecular formula is C18H27NO. The van der Waals surface area contributed by atoms with Crippen molar-refractivity contribution in [1.82, 2.24) is 4.90 Å². The first-order valence-electron chi connectivity index (χ1n) is 8.00. The molecule has 1 aromatic rings. The molecule has 2 heteroatoms. The van der Waals surface area contributed by atoms with Crippen LogP contribution in [-0.4, -0.2) is 35.2 Å². The molecule has 3 heterocycles. The molecule has 110 valence electrons. The molecule has 0 radical (unpaired) electrons. The molecule has 3 aliphatic rings. The van der Waals surface area contributed by atoms with Crippen LogP contribution in [0.15, 0.2) is 24.3 Å². The molecule has 1 N–H and O–H groups in total. The highest BCUT2D eigenvalue weighted by Gasteiger charge is 2.46. The molecule has 0 saturated carbocycles. The third kappa shape index (κ3) is 2.29. The van der Waals surface area contributed by atoms with E-state index in [1.807, 2.05) is 0 Å². The van der Waals surface area contributed by atoms with Crippen molar-refractivity contribution >= 4 is 0 Å². The second-order valence-corrected chi connectivity index (χ2v) is 7.05. The third-order valence-electron chi connectivity index (χ3n) is 5.94. The summed E-state index contributed by atoms with van der Waals surface area (Å²) in [4.78, 5) is 2.53. The van der Waals surface area contributed by atoms with Gasteiger partial charge in [0, 0.05) is 18.4 Å². The van der Waals surface area contributed by atoms with E-state index in [1.54, 1.807) is 0 Å². The molecule has 2 bridgehead atoms. The Balaban J connectivity index is 1.86. The molecule has 20 heavy (non-hydrogen) atoms. The first kappa shape index (κ1) is 14.1. The van der Waals surface area contributed by atoms with Gasteiger partial charge in [-0.3, -0.25) is 0 Å². The first-order chi connectivity index (χ1) is 9.50. The van der Waals surface area contributed by atoms with Gasteiger partial charge in [0.1, 0.15) is 0 Å². The summed E-state index contributed by atoms with van der Waals surface area (Å²) in [5.74, 6) is 1.32. The molecule has 1 aromatic carbocycles. The summed E-state index contributed by atoms with van der Waals surface area (Å²) in [7, 11) is 0. The standard InChI is InChI=1S/C18H27NO/c1-13-6-4-5-7-16(13)14(2)18(3,20)17-12-19-10-8-15(17)9-11-19/h4-7,14-15,17,20H,8-12H2,1-3H3. The van der Waals surface area contributed by atoms with Crippen molar-refractivity contribution < 1.29 is 5.11 Å². The Hall–Kier alpha value is -0.860. The summed E-state index contributed by atoms with van der Waals surface area (Å²) in [6, 6.07) is 8.49. The summed E-state index contributed by atoms with van der Waals surface area (Å²) in [5, 5.41) is 11.3. The zero-order chi connectivity index (χ0) is 14.3. The minimum atomic E-state index is -0.615. The van der Waals surface area contributed by atoms with Gasteiger partial charge in [-0.15, -0.1) is 0 Å². The molecule has 0 aliphatic carbocycles. The Morgan fingerprint density at radius 1 is 1.25 bits per heavy atom. The maximum absolute atomic E-state index is 11.3. The maximum Gasteiger partial charge on any atom is 0.0728 e. The van der Waals surface area contributed by atoms with Gasteiger partial charge in [0.25, 0.3) is 0 Å². The topological polar surface area (TPSA) is 23.5 Å². The van der Waals surface area contributed by atoms with Crippen LogP contribution in [0.4, 0.5) is 0 Å². The molecular weight excluding hydrogens is 246 g/mol. The number of piperidine rings is 3. The predicted molar refractivity (Wildman–Crippen MR) is 82.9 cm³/mol. The maximum atomic E-state index is 11.3. The van der Waals surface area contributed by atoms with Crippen LogP contribution >= 0.6 is 0 Å². The molecule has 3 unspecified atom stereocenters. The van der Waals surface area contributed by atoms with Crippen LogP contribution in [0, 0.1) is 18.8 Å². The number of fused-ring (bicyclic) bond motifs is 3. The van der Waals surface area contributed by atoms with Crippen LogP contribution in [0.2, 0.25) is 0 Å². The van der Waals surface area contributed by atoms with Crippen molar-refractivity contribution in [2.75, 3.05) is 19.6 Å². The van der Waals surface area contributed by atoms with Gasteiger partial charge in [-0.1, -0.05) is 31.2 Å². The Morgan fingerprint density at radius 2 is 1.90 bits per heavy atom. The fourth-order valence-corrected chi connectivity index (χ4v) is 4.34. The fraction of sp³-hybridized carbons (Fsp3) is 0.667. The number of aliphatic hydroxyl groups is 1. The fourth-order valence-electron chi connectivity index (χ4n) is 4.34. The van der Waals surface area contributed by atoms with Crippen molar-refractivity contribution in [2.45, 2.75) is 45.1 Å². The summed E-state index contributed by atoms with van der Waals surface area (Å²) >= 11 is 0. The minimum absolute atomic E-state index is 0.189. The van der Waals surface area contributed by atoms with E-state index in [0.29, 0.717) is 11.8 Å². The van der Waals surface area contributed by atoms with Crippen molar-refractivity contribution in [3.63, 3.8) is 0 Å². The Bertz CT molecular complexity index is 474. The zero-order valence-corrected chi connectivity index (χ0v) is 13.0. The van der Waals surface area contributed by atoms with Crippen LogP contribution in [0.5, 0.6) is 0 Å². The number of hydrogen-bond acceptors (Lipinski definition) is 2. The van der Waals surface area contributed by atoms with Gasteiger partial charge >= 0.3 is 0 Å². The van der Waals surface area contributed by atoms with Crippen molar-refractivity contribution in [3.05, 3.63) is 35.4 Å². The molecule has 3 atom stereocenters. The average molecular weight is 273 g/mol. The van der Waals surface area contributed by atoms with E-state index in [4.69, 9.17) is 0 Å². The van der Waals surface area contributed by atoms with Crippen LogP contribution in [0.3, 0.4) is 0 Å². The lowest BCUT2D eigenvalue weighted by Gasteiger charge is -2.52. The average Bonchev–Trinajstić information content (AvgIpc) is 2.48. The van der Waals surface area contributed by atoms with E-state index in [1.165, 1.54) is 37.1 Å². The molecule has 0 spiro atoms. The number of aryl methyl sites for hydroxylation is 1. The van der Waals surface area contributed by atoms with E-state index < -0.39 is 5.60 Å². The van der Waals surface area contributed by atoms with Crippen LogP contribution in [0.25, 0.3) is 0 Å². The van der Waals surface area contributed by atoms with Gasteiger partial charge < -0.3 is 10.0 Å². The molecule has 3 fully saturated rings. The lowest BCUT2D eigenvalue weighted by atomic mass is 9.65. The highest BCUT2D eigenvalue weighted by Crippen LogP contribution is 2.44. The molecule has 3 aliphatic heterocycles. The first-order valence-corrected chi connectivity index (χ1v) is 8.00. The van der Waals surface area contributed by atoms with E-state index in [-0.39, 0.29) is 5.92 Å². The van der Waals surface area contributed by atoms with Crippen LogP contribution < -0.4 is 0 Å². The SMILES string of the molecule is Cc1ccccc1C(C)C(C)(O)C1CN2CCC1CC2. The van der Waals surface area contributed by atoms with Gasteiger partial charge in [0.15, 0.2) is 0 Å². The van der Waals surface area contributed by atoms with Crippen molar-refractivity contribution in [1.29, 1.82) is 0 Å². The second kappa shape index (κ2) is 5.16. The second-order valence-electron chi connectivity index (χ2n) is 7.05. The van der Waals surface area contributed by atoms with Gasteiger partial charge in [0.05, 0.1) is 5.60 Å². The van der Waals surface area contributed by atoms with E-state index in [0.717, 1.165) is 6.54 Å². The van der Waals surface area contributed by atoms with Crippen molar-refractivity contribution in [2.24, 2.45) is 11.8 Å². The zero-order valence-electron chi connectivity index (χ0n) is 13.0. The number of hydrogen-bond donors (Lipinski definition) is 1. The predicted octanol–water partition coefficient (Wildman–Crippen LogP) is 3.19. The molecule has 4 rings (SSSR count). The number of rotatable bonds is 3. The molecule has 2 nitrogen and oxygen atoms in total. The smallest absolute Gasteiger partial charge is 0.0728 e. The highest BCUT2D eigenvalue weighted by atomic mass is 16.3. The van der Waals surface area contributed by atoms with E-state index in [9.17, 15) is 5.11 Å². The Kier molecular flexibility index (Phi) is 3.64. The van der Waals surface area contributed by atoms with E-state index in [2.05, 4.69) is 49.9 Å². The monoisotopic (exact) mass is 273 g/mol. The number of nitrogens with zero attached hydrogens (tertiary/aromatic N) is 1. The molecule has 0 amide bonds. The molecule has 0 aromatic heterocycles. The summed E-state index contributed by atoms with van der Waals surface area (Å²) < 4.78 is 0. The summed E-state index contributed by atoms with van der Waals surface area (Å²) in [6.07, 6.45) is 2.53. The van der Waals surface area contributed by atoms with Gasteiger partial charge in [-0.2, -0.15) is 0 Å².